The number of hydrogen-bond donors (Lipinski definition) is 1. The number of carbonyl (C=O) groups is 1. The Balaban J connectivity index is 0.000000249. The molecule has 3 heterocycles. The number of aryl methyl sites for hydroxylation is 1. The second-order valence-corrected chi connectivity index (χ2v) is 9.47. The summed E-state index contributed by atoms with van der Waals surface area (Å²) in [6.45, 7) is 11.2. The minimum absolute atomic E-state index is 0.243. The van der Waals surface area contributed by atoms with Crippen molar-refractivity contribution in [1.29, 1.82) is 0 Å². The minimum Gasteiger partial charge on any atom is -0.336 e. The Morgan fingerprint density at radius 3 is 2.62 bits per heavy atom. The number of amides is 1. The third-order valence-corrected chi connectivity index (χ3v) is 7.14. The van der Waals surface area contributed by atoms with Crippen molar-refractivity contribution >= 4 is 5.91 Å². The Hall–Kier alpha value is -1.43. The van der Waals surface area contributed by atoms with Crippen molar-refractivity contribution < 1.29 is 4.79 Å². The fraction of sp³-hybridized carbons (Fsp3) is 0.708. The first-order chi connectivity index (χ1) is 14.1. The van der Waals surface area contributed by atoms with Gasteiger partial charge in [-0.1, -0.05) is 13.0 Å². The van der Waals surface area contributed by atoms with Crippen molar-refractivity contribution in [2.24, 2.45) is 5.92 Å². The van der Waals surface area contributed by atoms with E-state index in [0.717, 1.165) is 50.6 Å². The Labute approximate surface area is 176 Å². The molecule has 5 heteroatoms. The molecule has 29 heavy (non-hydrogen) atoms. The van der Waals surface area contributed by atoms with Gasteiger partial charge in [0.15, 0.2) is 0 Å². The van der Waals surface area contributed by atoms with Gasteiger partial charge in [0.2, 0.25) is 0 Å². The van der Waals surface area contributed by atoms with Crippen LogP contribution in [0.1, 0.15) is 47.7 Å². The molecule has 5 rings (SSSR count). The highest BCUT2D eigenvalue weighted by atomic mass is 16.2. The van der Waals surface area contributed by atoms with E-state index in [-0.39, 0.29) is 5.91 Å². The zero-order chi connectivity index (χ0) is 20.2. The van der Waals surface area contributed by atoms with E-state index in [4.69, 9.17) is 0 Å². The van der Waals surface area contributed by atoms with Crippen molar-refractivity contribution in [2.75, 3.05) is 59.4 Å². The quantitative estimate of drug-likeness (QED) is 0.788. The van der Waals surface area contributed by atoms with Gasteiger partial charge in [0.25, 0.3) is 5.91 Å². The van der Waals surface area contributed by atoms with Crippen LogP contribution < -0.4 is 5.32 Å². The van der Waals surface area contributed by atoms with E-state index in [1.807, 2.05) is 0 Å². The molecule has 1 N–H and O–H groups in total. The summed E-state index contributed by atoms with van der Waals surface area (Å²) in [5, 5.41) is 3.27. The molecule has 5 nitrogen and oxygen atoms in total. The highest BCUT2D eigenvalue weighted by molar-refractivity contribution is 5.94. The Bertz CT molecular complexity index is 700. The lowest BCUT2D eigenvalue weighted by Gasteiger charge is -2.37. The molecule has 1 aromatic carbocycles. The van der Waals surface area contributed by atoms with Gasteiger partial charge >= 0.3 is 0 Å². The molecular weight excluding hydrogens is 360 g/mol. The van der Waals surface area contributed by atoms with Crippen LogP contribution in [0.5, 0.6) is 0 Å². The van der Waals surface area contributed by atoms with Crippen LogP contribution >= 0.6 is 0 Å². The molecule has 1 aromatic rings. The van der Waals surface area contributed by atoms with Crippen molar-refractivity contribution in [3.63, 3.8) is 0 Å². The van der Waals surface area contributed by atoms with Crippen LogP contribution in [0.4, 0.5) is 0 Å². The molecule has 1 unspecified atom stereocenters. The summed E-state index contributed by atoms with van der Waals surface area (Å²) in [5.74, 6) is 1.03. The van der Waals surface area contributed by atoms with E-state index >= 15 is 0 Å². The summed E-state index contributed by atoms with van der Waals surface area (Å²) >= 11 is 0. The first-order valence-electron chi connectivity index (χ1n) is 11.6. The molecule has 3 saturated heterocycles. The number of likely N-dealkylation sites (N-methyl/N-ethyl adjacent to an activating group) is 1. The van der Waals surface area contributed by atoms with Gasteiger partial charge in [-0.25, -0.2) is 0 Å². The molecule has 1 aliphatic carbocycles. The molecule has 0 bridgehead atoms. The zero-order valence-corrected chi connectivity index (χ0v) is 18.3. The third-order valence-electron chi connectivity index (χ3n) is 7.14. The number of nitrogens with zero attached hydrogens (tertiary/aromatic N) is 3. The van der Waals surface area contributed by atoms with E-state index in [1.165, 1.54) is 56.4 Å². The van der Waals surface area contributed by atoms with Gasteiger partial charge in [-0.3, -0.25) is 9.69 Å². The lowest BCUT2D eigenvalue weighted by molar-refractivity contribution is 0.0571. The molecule has 1 amide bonds. The number of benzene rings is 1. The lowest BCUT2D eigenvalue weighted by Crippen LogP contribution is -2.52. The maximum absolute atomic E-state index is 12.8. The van der Waals surface area contributed by atoms with Gasteiger partial charge < -0.3 is 15.1 Å². The number of nitrogens with one attached hydrogen (secondary N) is 1. The third kappa shape index (κ3) is 5.19. The van der Waals surface area contributed by atoms with Crippen LogP contribution in [0.3, 0.4) is 0 Å². The SMILES string of the molecule is CC1CCc2cc(C(=O)N3CCN4CCC[C@@H]4C3)ccc2C1.CN1CCNCC1. The normalized spacial score (nSPS) is 27.6. The van der Waals surface area contributed by atoms with E-state index in [2.05, 4.69) is 52.2 Å². The molecule has 3 aliphatic heterocycles. The zero-order valence-electron chi connectivity index (χ0n) is 18.3. The van der Waals surface area contributed by atoms with Gasteiger partial charge in [-0.05, 0) is 74.9 Å². The summed E-state index contributed by atoms with van der Waals surface area (Å²) in [5.41, 5.74) is 3.76. The molecule has 0 saturated carbocycles. The molecule has 3 fully saturated rings. The summed E-state index contributed by atoms with van der Waals surface area (Å²) in [6, 6.07) is 7.03. The monoisotopic (exact) mass is 398 g/mol. The predicted molar refractivity (Wildman–Crippen MR) is 118 cm³/mol. The van der Waals surface area contributed by atoms with Gasteiger partial charge in [0, 0.05) is 57.4 Å². The van der Waals surface area contributed by atoms with Crippen LogP contribution in [0.15, 0.2) is 18.2 Å². The summed E-state index contributed by atoms with van der Waals surface area (Å²) in [7, 11) is 2.15. The van der Waals surface area contributed by atoms with Crippen molar-refractivity contribution in [3.8, 4) is 0 Å². The lowest BCUT2D eigenvalue weighted by atomic mass is 9.84. The molecular formula is C24H38N4O. The number of piperazine rings is 2. The van der Waals surface area contributed by atoms with E-state index in [1.54, 1.807) is 0 Å². The highest BCUT2D eigenvalue weighted by Gasteiger charge is 2.33. The average molecular weight is 399 g/mol. The molecule has 2 atom stereocenters. The number of hydrogen-bond acceptors (Lipinski definition) is 4. The summed E-state index contributed by atoms with van der Waals surface area (Å²) in [6.07, 6.45) is 6.11. The first kappa shape index (κ1) is 20.8. The summed E-state index contributed by atoms with van der Waals surface area (Å²) in [4.78, 5) is 19.8. The Morgan fingerprint density at radius 1 is 1.03 bits per heavy atom. The largest absolute Gasteiger partial charge is 0.336 e. The van der Waals surface area contributed by atoms with Gasteiger partial charge in [-0.15, -0.1) is 0 Å². The van der Waals surface area contributed by atoms with E-state index in [0.29, 0.717) is 6.04 Å². The van der Waals surface area contributed by atoms with Crippen LogP contribution in [-0.4, -0.2) is 86.1 Å². The first-order valence-corrected chi connectivity index (χ1v) is 11.6. The second kappa shape index (κ2) is 9.59. The highest BCUT2D eigenvalue weighted by Crippen LogP contribution is 2.27. The van der Waals surface area contributed by atoms with Gasteiger partial charge in [-0.2, -0.15) is 0 Å². The molecule has 0 aromatic heterocycles. The number of fused-ring (bicyclic) bond motifs is 2. The van der Waals surface area contributed by atoms with Gasteiger partial charge in [0.1, 0.15) is 0 Å². The van der Waals surface area contributed by atoms with Crippen LogP contribution in [-0.2, 0) is 12.8 Å². The van der Waals surface area contributed by atoms with Crippen LogP contribution in [0.25, 0.3) is 0 Å². The van der Waals surface area contributed by atoms with Crippen LogP contribution in [0, 0.1) is 5.92 Å². The fourth-order valence-corrected chi connectivity index (χ4v) is 5.20. The van der Waals surface area contributed by atoms with Gasteiger partial charge in [0.05, 0.1) is 0 Å². The maximum Gasteiger partial charge on any atom is 0.253 e. The van der Waals surface area contributed by atoms with Crippen molar-refractivity contribution in [3.05, 3.63) is 34.9 Å². The predicted octanol–water partition coefficient (Wildman–Crippen LogP) is 2.25. The molecule has 0 radical (unpaired) electrons. The standard InChI is InChI=1S/C19H26N2O.C5H12N2/c1-14-4-5-16-12-17(7-6-15(16)11-14)19(22)21-10-9-20-8-2-3-18(20)13-21;1-7-4-2-6-3-5-7/h6-7,12,14,18H,2-5,8-11,13H2,1H3;6H,2-5H2,1H3/t14?,18-;/m1./s1. The average Bonchev–Trinajstić information content (AvgIpc) is 3.22. The fourth-order valence-electron chi connectivity index (χ4n) is 5.20. The summed E-state index contributed by atoms with van der Waals surface area (Å²) < 4.78 is 0. The maximum atomic E-state index is 12.8. The van der Waals surface area contributed by atoms with Crippen LogP contribution in [0.2, 0.25) is 0 Å². The topological polar surface area (TPSA) is 38.8 Å². The molecule has 160 valence electrons. The van der Waals surface area contributed by atoms with E-state index in [9.17, 15) is 4.79 Å². The molecule has 4 aliphatic rings. The smallest absolute Gasteiger partial charge is 0.253 e. The number of carbonyl (C=O) groups excluding carboxylic acids is 1. The van der Waals surface area contributed by atoms with Crippen molar-refractivity contribution in [2.45, 2.75) is 45.1 Å². The Kier molecular flexibility index (Phi) is 6.88. The minimum atomic E-state index is 0.243. The number of rotatable bonds is 1. The molecule has 0 spiro atoms. The second-order valence-electron chi connectivity index (χ2n) is 9.47. The van der Waals surface area contributed by atoms with Crippen molar-refractivity contribution in [1.82, 2.24) is 20.0 Å². The van der Waals surface area contributed by atoms with E-state index < -0.39 is 0 Å². The Morgan fingerprint density at radius 2 is 1.86 bits per heavy atom.